The largest absolute Gasteiger partial charge is 0.374 e. The molecule has 4 nitrogen and oxygen atoms in total. The molecule has 0 radical (unpaired) electrons. The van der Waals surface area contributed by atoms with Crippen molar-refractivity contribution in [2.24, 2.45) is 11.3 Å². The summed E-state index contributed by atoms with van der Waals surface area (Å²) in [7, 11) is 0. The van der Waals surface area contributed by atoms with E-state index in [1.807, 2.05) is 6.92 Å². The molecule has 1 N–H and O–H groups in total. The fourth-order valence-electron chi connectivity index (χ4n) is 3.18. The van der Waals surface area contributed by atoms with E-state index in [1.54, 1.807) is 0 Å². The summed E-state index contributed by atoms with van der Waals surface area (Å²) in [5.74, 6) is -2.02. The summed E-state index contributed by atoms with van der Waals surface area (Å²) in [6, 6.07) is 1.69. The quantitative estimate of drug-likeness (QED) is 0.660. The third kappa shape index (κ3) is 3.31. The van der Waals surface area contributed by atoms with Crippen LogP contribution in [0.2, 0.25) is 0 Å². The highest BCUT2D eigenvalue weighted by atomic mass is 19.2. The number of nitro benzene ring substituents is 1. The second-order valence-corrected chi connectivity index (χ2v) is 6.65. The smallest absolute Gasteiger partial charge is 0.295 e. The van der Waals surface area contributed by atoms with Crippen LogP contribution < -0.4 is 5.32 Å². The zero-order valence-corrected chi connectivity index (χ0v) is 12.5. The fourth-order valence-corrected chi connectivity index (χ4v) is 3.18. The van der Waals surface area contributed by atoms with Crippen LogP contribution in [-0.2, 0) is 0 Å². The number of anilines is 1. The molecule has 6 heteroatoms. The van der Waals surface area contributed by atoms with Crippen molar-refractivity contribution in [3.05, 3.63) is 33.9 Å². The first-order valence-corrected chi connectivity index (χ1v) is 7.10. The lowest BCUT2D eigenvalue weighted by Crippen LogP contribution is -2.37. The molecule has 116 valence electrons. The molecule has 1 fully saturated rings. The lowest BCUT2D eigenvalue weighted by molar-refractivity contribution is -0.384. The van der Waals surface area contributed by atoms with E-state index in [1.165, 1.54) is 0 Å². The minimum absolute atomic E-state index is 0.0898. The predicted octanol–water partition coefficient (Wildman–Crippen LogP) is 4.50. The van der Waals surface area contributed by atoms with Crippen LogP contribution in [0.25, 0.3) is 0 Å². The summed E-state index contributed by atoms with van der Waals surface area (Å²) in [5.41, 5.74) is -0.549. The van der Waals surface area contributed by atoms with Gasteiger partial charge in [-0.1, -0.05) is 20.8 Å². The molecular formula is C15H20F2N2O2. The van der Waals surface area contributed by atoms with E-state index in [9.17, 15) is 18.9 Å². The van der Waals surface area contributed by atoms with Gasteiger partial charge >= 0.3 is 0 Å². The zero-order valence-electron chi connectivity index (χ0n) is 12.5. The molecule has 2 rings (SSSR count). The summed E-state index contributed by atoms with van der Waals surface area (Å²) in [4.78, 5) is 10.3. The van der Waals surface area contributed by atoms with Gasteiger partial charge in [-0.3, -0.25) is 10.1 Å². The molecule has 0 saturated heterocycles. The van der Waals surface area contributed by atoms with Crippen molar-refractivity contribution in [1.82, 2.24) is 0 Å². The van der Waals surface area contributed by atoms with Gasteiger partial charge < -0.3 is 5.32 Å². The van der Waals surface area contributed by atoms with Crippen molar-refractivity contribution in [2.45, 2.75) is 46.1 Å². The van der Waals surface area contributed by atoms with Gasteiger partial charge in [-0.25, -0.2) is 8.78 Å². The molecule has 0 spiro atoms. The van der Waals surface area contributed by atoms with Gasteiger partial charge in [0.05, 0.1) is 4.92 Å². The van der Waals surface area contributed by atoms with E-state index >= 15 is 0 Å². The van der Waals surface area contributed by atoms with Crippen molar-refractivity contribution >= 4 is 11.4 Å². The van der Waals surface area contributed by atoms with Gasteiger partial charge in [0, 0.05) is 12.1 Å². The number of benzene rings is 1. The van der Waals surface area contributed by atoms with E-state index in [-0.39, 0.29) is 23.1 Å². The molecule has 0 aromatic heterocycles. The maximum Gasteiger partial charge on any atom is 0.295 e. The SMILES string of the molecule is CC1CC(C)(C)CCC1Nc1c([N+](=O)[O-])ccc(F)c1F. The van der Waals surface area contributed by atoms with E-state index in [2.05, 4.69) is 19.2 Å². The number of nitro groups is 1. The molecular weight excluding hydrogens is 278 g/mol. The Morgan fingerprint density at radius 3 is 2.62 bits per heavy atom. The van der Waals surface area contributed by atoms with Crippen molar-refractivity contribution in [1.29, 1.82) is 0 Å². The molecule has 2 atom stereocenters. The molecule has 1 aliphatic carbocycles. The van der Waals surface area contributed by atoms with Crippen LogP contribution in [0.4, 0.5) is 20.2 Å². The summed E-state index contributed by atoms with van der Waals surface area (Å²) >= 11 is 0. The van der Waals surface area contributed by atoms with Crippen molar-refractivity contribution < 1.29 is 13.7 Å². The van der Waals surface area contributed by atoms with Crippen LogP contribution in [0, 0.1) is 33.1 Å². The van der Waals surface area contributed by atoms with Crippen molar-refractivity contribution in [3.63, 3.8) is 0 Å². The molecule has 2 unspecified atom stereocenters. The number of nitrogens with zero attached hydrogens (tertiary/aromatic N) is 1. The van der Waals surface area contributed by atoms with Crippen LogP contribution in [0.3, 0.4) is 0 Å². The highest BCUT2D eigenvalue weighted by Gasteiger charge is 2.34. The predicted molar refractivity (Wildman–Crippen MR) is 77.2 cm³/mol. The van der Waals surface area contributed by atoms with Crippen LogP contribution in [0.1, 0.15) is 40.0 Å². The topological polar surface area (TPSA) is 55.2 Å². The van der Waals surface area contributed by atoms with Gasteiger partial charge in [-0.05, 0) is 36.7 Å². The molecule has 0 aliphatic heterocycles. The molecule has 0 amide bonds. The monoisotopic (exact) mass is 298 g/mol. The summed E-state index contributed by atoms with van der Waals surface area (Å²) in [5, 5.41) is 13.9. The van der Waals surface area contributed by atoms with Crippen molar-refractivity contribution in [3.8, 4) is 0 Å². The Bertz CT molecular complexity index is 561. The Hall–Kier alpha value is -1.72. The van der Waals surface area contributed by atoms with Crippen LogP contribution in [0.5, 0.6) is 0 Å². The number of halogens is 2. The normalized spacial score (nSPS) is 24.6. The first-order valence-electron chi connectivity index (χ1n) is 7.10. The first-order chi connectivity index (χ1) is 9.71. The average molecular weight is 298 g/mol. The second kappa shape index (κ2) is 5.58. The molecule has 21 heavy (non-hydrogen) atoms. The Kier molecular flexibility index (Phi) is 4.16. The molecule has 1 aromatic rings. The van der Waals surface area contributed by atoms with Crippen LogP contribution in [0.15, 0.2) is 12.1 Å². The summed E-state index contributed by atoms with van der Waals surface area (Å²) < 4.78 is 27.3. The van der Waals surface area contributed by atoms with Crippen LogP contribution in [-0.4, -0.2) is 11.0 Å². The average Bonchev–Trinajstić information content (AvgIpc) is 2.37. The van der Waals surface area contributed by atoms with Gasteiger partial charge in [-0.15, -0.1) is 0 Å². The third-order valence-electron chi connectivity index (χ3n) is 4.29. The molecule has 1 aliphatic rings. The van der Waals surface area contributed by atoms with Crippen LogP contribution >= 0.6 is 0 Å². The van der Waals surface area contributed by atoms with Gasteiger partial charge in [-0.2, -0.15) is 0 Å². The lowest BCUT2D eigenvalue weighted by Gasteiger charge is -2.39. The number of hydrogen-bond acceptors (Lipinski definition) is 3. The molecule has 0 bridgehead atoms. The maximum atomic E-state index is 13.9. The minimum Gasteiger partial charge on any atom is -0.374 e. The van der Waals surface area contributed by atoms with Gasteiger partial charge in [0.25, 0.3) is 5.69 Å². The van der Waals surface area contributed by atoms with E-state index in [4.69, 9.17) is 0 Å². The molecule has 0 heterocycles. The third-order valence-corrected chi connectivity index (χ3v) is 4.29. The molecule has 1 aromatic carbocycles. The van der Waals surface area contributed by atoms with E-state index < -0.39 is 22.2 Å². The highest BCUT2D eigenvalue weighted by molar-refractivity contribution is 5.63. The summed E-state index contributed by atoms with van der Waals surface area (Å²) in [6.07, 6.45) is 2.66. The Morgan fingerprint density at radius 1 is 1.38 bits per heavy atom. The standard InChI is InChI=1S/C15H20F2N2O2/c1-9-8-15(2,3)7-6-11(9)18-14-12(19(20)21)5-4-10(16)13(14)17/h4-5,9,11,18H,6-8H2,1-3H3. The fraction of sp³-hybridized carbons (Fsp3) is 0.600. The first kappa shape index (κ1) is 15.7. The number of rotatable bonds is 3. The van der Waals surface area contributed by atoms with E-state index in [0.717, 1.165) is 31.4 Å². The van der Waals surface area contributed by atoms with Gasteiger partial charge in [0.1, 0.15) is 0 Å². The highest BCUT2D eigenvalue weighted by Crippen LogP contribution is 2.41. The number of nitrogens with one attached hydrogen (secondary N) is 1. The Balaban J connectivity index is 2.27. The van der Waals surface area contributed by atoms with Gasteiger partial charge in [0.15, 0.2) is 17.3 Å². The molecule has 1 saturated carbocycles. The second-order valence-electron chi connectivity index (χ2n) is 6.65. The zero-order chi connectivity index (χ0) is 15.8. The lowest BCUT2D eigenvalue weighted by atomic mass is 9.70. The minimum atomic E-state index is -1.18. The summed E-state index contributed by atoms with van der Waals surface area (Å²) in [6.45, 7) is 6.37. The Labute approximate surface area is 122 Å². The maximum absolute atomic E-state index is 13.9. The van der Waals surface area contributed by atoms with Crippen molar-refractivity contribution in [2.75, 3.05) is 5.32 Å². The number of hydrogen-bond donors (Lipinski definition) is 1. The Morgan fingerprint density at radius 2 is 2.05 bits per heavy atom. The van der Waals surface area contributed by atoms with E-state index in [0.29, 0.717) is 0 Å². The van der Waals surface area contributed by atoms with Gasteiger partial charge in [0.2, 0.25) is 0 Å².